The largest absolute Gasteiger partial charge is 0.303 e. The molecule has 0 unspecified atom stereocenters. The van der Waals surface area contributed by atoms with E-state index < -0.39 is 0 Å². The zero-order chi connectivity index (χ0) is 17.0. The van der Waals surface area contributed by atoms with Crippen LogP contribution in [-0.4, -0.2) is 4.57 Å². The molecule has 0 N–H and O–H groups in total. The van der Waals surface area contributed by atoms with Crippen molar-refractivity contribution in [3.63, 3.8) is 0 Å². The molecule has 2 nitrogen and oxygen atoms in total. The van der Waals surface area contributed by atoms with Crippen molar-refractivity contribution in [1.29, 1.82) is 0 Å². The molecule has 0 amide bonds. The molecule has 0 radical (unpaired) electrons. The lowest BCUT2D eigenvalue weighted by molar-refractivity contribution is -0.672. The van der Waals surface area contributed by atoms with Crippen molar-refractivity contribution >= 4 is 10.9 Å². The molecule has 122 valence electrons. The number of hydrogen-bond acceptors (Lipinski definition) is 0. The Labute approximate surface area is 148 Å². The van der Waals surface area contributed by atoms with Crippen LogP contribution >= 0.6 is 0 Å². The number of rotatable bonds is 2. The summed E-state index contributed by atoms with van der Waals surface area (Å²) >= 11 is 0. The van der Waals surface area contributed by atoms with Crippen molar-refractivity contribution in [3.05, 3.63) is 84.1 Å². The lowest BCUT2D eigenvalue weighted by atomic mass is 10.0. The molecule has 0 spiro atoms. The molecule has 0 fully saturated rings. The van der Waals surface area contributed by atoms with Gasteiger partial charge in [-0.25, -0.2) is 0 Å². The van der Waals surface area contributed by atoms with E-state index in [0.717, 1.165) is 6.54 Å². The van der Waals surface area contributed by atoms with Crippen molar-refractivity contribution in [2.75, 3.05) is 0 Å². The van der Waals surface area contributed by atoms with Crippen molar-refractivity contribution in [2.45, 2.75) is 26.3 Å². The predicted molar refractivity (Wildman–Crippen MR) is 102 cm³/mol. The fraction of sp³-hybridized carbons (Fsp3) is 0.174. The average molecular weight is 325 g/mol. The van der Waals surface area contributed by atoms with E-state index in [-0.39, 0.29) is 0 Å². The number of hydrogen-bond donors (Lipinski definition) is 0. The van der Waals surface area contributed by atoms with Crippen LogP contribution in [0.15, 0.2) is 72.9 Å². The summed E-state index contributed by atoms with van der Waals surface area (Å²) in [4.78, 5) is 0. The van der Waals surface area contributed by atoms with Gasteiger partial charge in [0, 0.05) is 23.2 Å². The van der Waals surface area contributed by atoms with Gasteiger partial charge in [-0.2, -0.15) is 4.57 Å². The minimum Gasteiger partial charge on any atom is -0.303 e. The SMILES string of the molecule is CC(C)c1ccccc1-n1c2c(c3ccccc31)C[n+]1ccccc1-2. The Balaban J connectivity index is 1.93. The fourth-order valence-corrected chi connectivity index (χ4v) is 4.17. The summed E-state index contributed by atoms with van der Waals surface area (Å²) in [6.45, 7) is 5.49. The summed E-state index contributed by atoms with van der Waals surface area (Å²) in [5, 5.41) is 1.36. The van der Waals surface area contributed by atoms with Gasteiger partial charge in [0.05, 0.1) is 11.1 Å². The maximum Gasteiger partial charge on any atom is 0.230 e. The minimum atomic E-state index is 0.484. The number of benzene rings is 2. The zero-order valence-electron chi connectivity index (χ0n) is 14.6. The van der Waals surface area contributed by atoms with Gasteiger partial charge in [0.15, 0.2) is 12.7 Å². The van der Waals surface area contributed by atoms with E-state index in [4.69, 9.17) is 0 Å². The third-order valence-electron chi connectivity index (χ3n) is 5.29. The van der Waals surface area contributed by atoms with Crippen molar-refractivity contribution < 1.29 is 4.57 Å². The Morgan fingerprint density at radius 1 is 0.880 bits per heavy atom. The lowest BCUT2D eigenvalue weighted by Crippen LogP contribution is -2.31. The van der Waals surface area contributed by atoms with Gasteiger partial charge < -0.3 is 4.57 Å². The predicted octanol–water partition coefficient (Wildman–Crippen LogP) is 5.07. The number of aromatic nitrogens is 2. The molecule has 2 aromatic heterocycles. The normalized spacial score (nSPS) is 12.6. The fourth-order valence-electron chi connectivity index (χ4n) is 4.17. The third kappa shape index (κ3) is 2.00. The molecule has 4 aromatic rings. The molecule has 1 aliphatic rings. The average Bonchev–Trinajstić information content (AvgIpc) is 3.16. The second-order valence-corrected chi connectivity index (χ2v) is 7.11. The van der Waals surface area contributed by atoms with E-state index in [0.29, 0.717) is 5.92 Å². The molecule has 0 saturated carbocycles. The highest BCUT2D eigenvalue weighted by atomic mass is 15.1. The quantitative estimate of drug-likeness (QED) is 0.401. The second kappa shape index (κ2) is 5.32. The van der Waals surface area contributed by atoms with Crippen LogP contribution in [0, 0.1) is 0 Å². The van der Waals surface area contributed by atoms with Crippen LogP contribution in [0.5, 0.6) is 0 Å². The topological polar surface area (TPSA) is 8.81 Å². The highest BCUT2D eigenvalue weighted by Gasteiger charge is 2.33. The summed E-state index contributed by atoms with van der Waals surface area (Å²) in [6.07, 6.45) is 2.18. The van der Waals surface area contributed by atoms with Crippen LogP contribution in [0.1, 0.15) is 30.9 Å². The van der Waals surface area contributed by atoms with Gasteiger partial charge in [0.25, 0.3) is 0 Å². The molecule has 5 rings (SSSR count). The molecule has 0 bridgehead atoms. The molecule has 1 aliphatic heterocycles. The van der Waals surface area contributed by atoms with E-state index in [1.54, 1.807) is 0 Å². The Hall–Kier alpha value is -2.87. The number of nitrogens with zero attached hydrogens (tertiary/aromatic N) is 2. The van der Waals surface area contributed by atoms with Gasteiger partial charge in [0.1, 0.15) is 5.69 Å². The third-order valence-corrected chi connectivity index (χ3v) is 5.29. The second-order valence-electron chi connectivity index (χ2n) is 7.11. The van der Waals surface area contributed by atoms with Crippen LogP contribution < -0.4 is 4.57 Å². The first-order valence-electron chi connectivity index (χ1n) is 8.96. The molecule has 0 atom stereocenters. The molecule has 3 heterocycles. The van der Waals surface area contributed by atoms with E-state index in [1.165, 1.54) is 39.1 Å². The van der Waals surface area contributed by atoms with E-state index >= 15 is 0 Å². The number of para-hydroxylation sites is 2. The van der Waals surface area contributed by atoms with E-state index in [2.05, 4.69) is 95.9 Å². The maximum atomic E-state index is 2.47. The van der Waals surface area contributed by atoms with Gasteiger partial charge in [0.2, 0.25) is 5.69 Å². The maximum absolute atomic E-state index is 2.47. The van der Waals surface area contributed by atoms with Crippen LogP contribution in [-0.2, 0) is 6.54 Å². The number of fused-ring (bicyclic) bond motifs is 5. The Morgan fingerprint density at radius 3 is 2.52 bits per heavy atom. The Bertz CT molecular complexity index is 1100. The molecule has 25 heavy (non-hydrogen) atoms. The number of pyridine rings is 1. The van der Waals surface area contributed by atoms with E-state index in [1.807, 2.05) is 0 Å². The highest BCUT2D eigenvalue weighted by molar-refractivity contribution is 5.93. The first-order valence-corrected chi connectivity index (χ1v) is 8.96. The summed E-state index contributed by atoms with van der Waals surface area (Å²) < 4.78 is 4.82. The minimum absolute atomic E-state index is 0.484. The van der Waals surface area contributed by atoms with Crippen molar-refractivity contribution in [2.24, 2.45) is 0 Å². The molecule has 0 aliphatic carbocycles. The van der Waals surface area contributed by atoms with Gasteiger partial charge >= 0.3 is 0 Å². The van der Waals surface area contributed by atoms with Crippen molar-refractivity contribution in [3.8, 4) is 17.1 Å². The molecular weight excluding hydrogens is 304 g/mol. The van der Waals surface area contributed by atoms with Crippen LogP contribution in [0.3, 0.4) is 0 Å². The molecule has 2 aromatic carbocycles. The first-order chi connectivity index (χ1) is 12.3. The summed E-state index contributed by atoms with van der Waals surface area (Å²) in [5.74, 6) is 0.484. The van der Waals surface area contributed by atoms with Gasteiger partial charge in [-0.05, 0) is 29.7 Å². The Morgan fingerprint density at radius 2 is 1.64 bits per heavy atom. The monoisotopic (exact) mass is 325 g/mol. The van der Waals surface area contributed by atoms with Gasteiger partial charge in [-0.1, -0.05) is 50.2 Å². The molecule has 0 saturated heterocycles. The van der Waals surface area contributed by atoms with E-state index in [9.17, 15) is 0 Å². The lowest BCUT2D eigenvalue weighted by Gasteiger charge is -2.16. The van der Waals surface area contributed by atoms with Crippen LogP contribution in [0.2, 0.25) is 0 Å². The summed E-state index contributed by atoms with van der Waals surface area (Å²) in [7, 11) is 0. The van der Waals surface area contributed by atoms with Gasteiger partial charge in [-0.3, -0.25) is 0 Å². The van der Waals surface area contributed by atoms with Crippen LogP contribution in [0.25, 0.3) is 28.0 Å². The Kier molecular flexibility index (Phi) is 3.08. The van der Waals surface area contributed by atoms with Crippen molar-refractivity contribution in [1.82, 2.24) is 4.57 Å². The smallest absolute Gasteiger partial charge is 0.230 e. The van der Waals surface area contributed by atoms with Gasteiger partial charge in [-0.15, -0.1) is 0 Å². The molecule has 2 heteroatoms. The molecular formula is C23H21N2+. The summed E-state index contributed by atoms with van der Waals surface area (Å²) in [5.41, 5.74) is 8.06. The van der Waals surface area contributed by atoms with Crippen LogP contribution in [0.4, 0.5) is 0 Å². The summed E-state index contributed by atoms with van der Waals surface area (Å²) in [6, 6.07) is 24.1. The first kappa shape index (κ1) is 14.5. The highest BCUT2D eigenvalue weighted by Crippen LogP contribution is 2.39. The zero-order valence-corrected chi connectivity index (χ0v) is 14.6. The standard InChI is InChI=1S/C23H21N2/c1-16(2)17-9-3-5-11-20(17)25-21-12-6-4-10-18(21)19-15-24-14-8-7-13-22(24)23(19)25/h3-14,16H,15H2,1-2H3/q+1.